The second-order valence-corrected chi connectivity index (χ2v) is 11.7. The van der Waals surface area contributed by atoms with E-state index in [9.17, 15) is 24.0 Å². The molecule has 9 nitrogen and oxygen atoms in total. The number of ketones is 1. The van der Waals surface area contributed by atoms with Crippen LogP contribution in [0.15, 0.2) is 78.9 Å². The number of unbranched alkanes of at least 4 members (excludes halogenated alkanes) is 8. The zero-order valence-electron chi connectivity index (χ0n) is 35.4. The Labute approximate surface area is 332 Å². The van der Waals surface area contributed by atoms with Crippen LogP contribution in [-0.2, 0) is 23.9 Å². The summed E-state index contributed by atoms with van der Waals surface area (Å²) in [7, 11) is 3.25. The topological polar surface area (TPSA) is 122 Å². The van der Waals surface area contributed by atoms with Crippen LogP contribution >= 0.6 is 0 Å². The molecule has 2 aromatic rings. The van der Waals surface area contributed by atoms with Crippen LogP contribution in [0.2, 0.25) is 0 Å². The van der Waals surface area contributed by atoms with Gasteiger partial charge < -0.3 is 23.7 Å². The number of ether oxygens (including phenoxy) is 4. The van der Waals surface area contributed by atoms with Crippen LogP contribution in [0.4, 0.5) is 0 Å². The molecule has 0 saturated heterocycles. The SMILES string of the molecule is C=CC(C)=O.CC.CC.CCCCCCC=O.CCCCCCCC(=O)Oc1ccc(C(=O)Oc2ccc(OC)c(C)c2)cc1.COC1C=CC(C=O)=CC1. The first-order chi connectivity index (χ1) is 26.6. The minimum atomic E-state index is -0.474. The Balaban J connectivity index is -0.000000813. The molecule has 0 bridgehead atoms. The Bertz CT molecular complexity index is 1370. The summed E-state index contributed by atoms with van der Waals surface area (Å²) in [5.74, 6) is 0.900. The van der Waals surface area contributed by atoms with E-state index >= 15 is 0 Å². The van der Waals surface area contributed by atoms with Crippen LogP contribution in [0.5, 0.6) is 17.2 Å². The molecular formula is C46H70O9. The van der Waals surface area contributed by atoms with Crippen molar-refractivity contribution < 1.29 is 42.9 Å². The van der Waals surface area contributed by atoms with Gasteiger partial charge in [-0.3, -0.25) is 14.4 Å². The zero-order chi connectivity index (χ0) is 42.3. The lowest BCUT2D eigenvalue weighted by molar-refractivity contribution is -0.134. The van der Waals surface area contributed by atoms with Crippen LogP contribution in [0, 0.1) is 6.92 Å². The third-order valence-corrected chi connectivity index (χ3v) is 7.37. The highest BCUT2D eigenvalue weighted by Crippen LogP contribution is 2.24. The maximum atomic E-state index is 12.3. The molecule has 0 aromatic heterocycles. The van der Waals surface area contributed by atoms with E-state index in [1.54, 1.807) is 62.8 Å². The number of carbonyl (C=O) groups is 5. The fourth-order valence-electron chi connectivity index (χ4n) is 4.33. The number of rotatable bonds is 18. The summed E-state index contributed by atoms with van der Waals surface area (Å²) in [6, 6.07) is 11.6. The van der Waals surface area contributed by atoms with Crippen LogP contribution in [-0.4, -0.2) is 50.6 Å². The molecule has 0 radical (unpaired) electrons. The van der Waals surface area contributed by atoms with E-state index in [1.165, 1.54) is 45.1 Å². The highest BCUT2D eigenvalue weighted by Gasteiger charge is 2.11. The van der Waals surface area contributed by atoms with E-state index in [0.717, 1.165) is 68.0 Å². The van der Waals surface area contributed by atoms with E-state index in [0.29, 0.717) is 23.5 Å². The number of esters is 2. The van der Waals surface area contributed by atoms with Crippen LogP contribution < -0.4 is 14.2 Å². The molecule has 0 amide bonds. The van der Waals surface area contributed by atoms with Gasteiger partial charge in [-0.2, -0.15) is 0 Å². The number of hydrogen-bond acceptors (Lipinski definition) is 9. The molecule has 0 N–H and O–H groups in total. The summed E-state index contributed by atoms with van der Waals surface area (Å²) < 4.78 is 20.9. The van der Waals surface area contributed by atoms with Crippen LogP contribution in [0.25, 0.3) is 0 Å². The Morgan fingerprint density at radius 3 is 1.82 bits per heavy atom. The lowest BCUT2D eigenvalue weighted by Crippen LogP contribution is -2.10. The van der Waals surface area contributed by atoms with Crippen molar-refractivity contribution in [2.75, 3.05) is 14.2 Å². The molecule has 308 valence electrons. The number of carbonyl (C=O) groups excluding carboxylic acids is 5. The second kappa shape index (κ2) is 39.1. The Morgan fingerprint density at radius 1 is 0.800 bits per heavy atom. The van der Waals surface area contributed by atoms with Gasteiger partial charge in [0.1, 0.15) is 29.8 Å². The third kappa shape index (κ3) is 30.4. The minimum absolute atomic E-state index is 0.0185. The van der Waals surface area contributed by atoms with Gasteiger partial charge in [0, 0.05) is 25.5 Å². The van der Waals surface area contributed by atoms with Gasteiger partial charge in [0.15, 0.2) is 5.78 Å². The highest BCUT2D eigenvalue weighted by molar-refractivity contribution is 5.91. The monoisotopic (exact) mass is 767 g/mol. The van der Waals surface area contributed by atoms with Gasteiger partial charge in [0.2, 0.25) is 0 Å². The highest BCUT2D eigenvalue weighted by atomic mass is 16.5. The van der Waals surface area contributed by atoms with Crippen molar-refractivity contribution in [1.29, 1.82) is 0 Å². The summed E-state index contributed by atoms with van der Waals surface area (Å²) in [5, 5.41) is 0. The first kappa shape index (κ1) is 54.7. The fraction of sp³-hybridized carbons (Fsp3) is 0.500. The zero-order valence-corrected chi connectivity index (χ0v) is 35.4. The van der Waals surface area contributed by atoms with Gasteiger partial charge in [0.25, 0.3) is 0 Å². The molecule has 0 saturated carbocycles. The van der Waals surface area contributed by atoms with Crippen LogP contribution in [0.1, 0.15) is 141 Å². The number of hydrogen-bond donors (Lipinski definition) is 0. The van der Waals surface area contributed by atoms with E-state index < -0.39 is 5.97 Å². The van der Waals surface area contributed by atoms with Crippen molar-refractivity contribution in [3.8, 4) is 17.2 Å². The van der Waals surface area contributed by atoms with E-state index in [-0.39, 0.29) is 17.9 Å². The lowest BCUT2D eigenvalue weighted by atomic mass is 10.1. The number of aryl methyl sites for hydroxylation is 1. The van der Waals surface area contributed by atoms with Gasteiger partial charge in [-0.25, -0.2) is 4.79 Å². The molecule has 55 heavy (non-hydrogen) atoms. The van der Waals surface area contributed by atoms with Crippen molar-refractivity contribution in [3.63, 3.8) is 0 Å². The number of methoxy groups -OCH3 is 2. The van der Waals surface area contributed by atoms with Gasteiger partial charge >= 0.3 is 11.9 Å². The van der Waals surface area contributed by atoms with Crippen LogP contribution in [0.3, 0.4) is 0 Å². The molecule has 3 rings (SSSR count). The predicted molar refractivity (Wildman–Crippen MR) is 225 cm³/mol. The Hall–Kier alpha value is -4.63. The molecule has 0 fully saturated rings. The molecule has 0 heterocycles. The molecule has 9 heteroatoms. The largest absolute Gasteiger partial charge is 0.496 e. The van der Waals surface area contributed by atoms with Gasteiger partial charge in [-0.15, -0.1) is 0 Å². The van der Waals surface area contributed by atoms with Crippen molar-refractivity contribution in [1.82, 2.24) is 0 Å². The van der Waals surface area contributed by atoms with Crippen molar-refractivity contribution >= 4 is 30.3 Å². The van der Waals surface area contributed by atoms with Crippen molar-refractivity contribution in [2.45, 2.75) is 139 Å². The van der Waals surface area contributed by atoms with Gasteiger partial charge in [-0.1, -0.05) is 111 Å². The minimum Gasteiger partial charge on any atom is -0.496 e. The summed E-state index contributed by atoms with van der Waals surface area (Å²) in [6.45, 7) is 18.9. The molecule has 1 aliphatic carbocycles. The van der Waals surface area contributed by atoms with Crippen molar-refractivity contribution in [2.24, 2.45) is 0 Å². The van der Waals surface area contributed by atoms with E-state index in [1.807, 2.05) is 46.8 Å². The van der Waals surface area contributed by atoms with E-state index in [4.69, 9.17) is 18.9 Å². The van der Waals surface area contributed by atoms with Gasteiger partial charge in [0.05, 0.1) is 18.8 Å². The number of benzene rings is 2. The molecule has 0 spiro atoms. The summed E-state index contributed by atoms with van der Waals surface area (Å²) in [6.07, 6.45) is 21.0. The average molecular weight is 767 g/mol. The molecule has 1 unspecified atom stereocenters. The molecule has 2 aromatic carbocycles. The first-order valence-corrected chi connectivity index (χ1v) is 19.7. The quantitative estimate of drug-likeness (QED) is 0.0479. The Morgan fingerprint density at radius 2 is 1.36 bits per heavy atom. The maximum Gasteiger partial charge on any atom is 0.343 e. The predicted octanol–water partition coefficient (Wildman–Crippen LogP) is 11.5. The fourth-order valence-corrected chi connectivity index (χ4v) is 4.33. The lowest BCUT2D eigenvalue weighted by Gasteiger charge is -2.11. The normalized spacial score (nSPS) is 11.8. The molecule has 0 aliphatic heterocycles. The van der Waals surface area contributed by atoms with Crippen molar-refractivity contribution in [3.05, 3.63) is 90.0 Å². The molecule has 1 atom stereocenters. The molecular weight excluding hydrogens is 696 g/mol. The Kier molecular flexibility index (Phi) is 38.9. The average Bonchev–Trinajstić information content (AvgIpc) is 3.22. The van der Waals surface area contributed by atoms with Gasteiger partial charge in [-0.05, 0) is 87.2 Å². The van der Waals surface area contributed by atoms with E-state index in [2.05, 4.69) is 20.4 Å². The number of allylic oxidation sites excluding steroid dienone is 3. The first-order valence-electron chi connectivity index (χ1n) is 19.7. The third-order valence-electron chi connectivity index (χ3n) is 7.37. The second-order valence-electron chi connectivity index (χ2n) is 11.7. The maximum absolute atomic E-state index is 12.3. The number of aldehydes is 2. The summed E-state index contributed by atoms with van der Waals surface area (Å²) >= 11 is 0. The summed E-state index contributed by atoms with van der Waals surface area (Å²) in [4.78, 5) is 53.8. The summed E-state index contributed by atoms with van der Waals surface area (Å²) in [5.41, 5.74) is 2.01. The standard InChI is InChI=1S/C23H28O5.C8H10O2.C7H14O.C4H6O.2C2H6/c1-4-5-6-7-8-9-22(24)27-19-12-10-18(11-13-19)23(25)28-20-14-15-21(26-3)17(2)16-20;1-10-8-4-2-7(6-9)3-5-8;1-2-3-4-5-6-7-8;1-3-4(2)5;2*1-2/h10-16H,4-9H2,1-3H3;2-4,6,8H,5H2,1H3;7H,2-6H2,1H3;3H,1H2,2H3;2*1-2H3. The smallest absolute Gasteiger partial charge is 0.343 e. The molecule has 1 aliphatic rings.